The van der Waals surface area contributed by atoms with Crippen molar-refractivity contribution in [1.82, 2.24) is 9.44 Å². The zero-order valence-corrected chi connectivity index (χ0v) is 9.04. The molecule has 7 heteroatoms. The van der Waals surface area contributed by atoms with Gasteiger partial charge in [-0.25, -0.2) is 0 Å². The lowest BCUT2D eigenvalue weighted by Gasteiger charge is -2.03. The molecule has 4 nitrogen and oxygen atoms in total. The lowest BCUT2D eigenvalue weighted by molar-refractivity contribution is -0.130. The molecule has 2 N–H and O–H groups in total. The number of carbonyl (C=O) groups excluding carboxylic acids is 2. The monoisotopic (exact) mass is 240 g/mol. The normalized spacial score (nSPS) is 10.3. The fourth-order valence-corrected chi connectivity index (χ4v) is 1.35. The van der Waals surface area contributed by atoms with Gasteiger partial charge in [0.1, 0.15) is 0 Å². The van der Waals surface area contributed by atoms with E-state index in [0.29, 0.717) is 25.9 Å². The molecule has 0 saturated heterocycles. The average Bonchev–Trinajstić information content (AvgIpc) is 2.14. The fraction of sp³-hybridized carbons (Fsp3) is 0.750. The van der Waals surface area contributed by atoms with Gasteiger partial charge in [-0.3, -0.25) is 19.0 Å². The molecular weight excluding hydrogens is 226 g/mol. The van der Waals surface area contributed by atoms with E-state index in [0.717, 1.165) is 0 Å². The van der Waals surface area contributed by atoms with Crippen LogP contribution in [0, 0.1) is 0 Å². The zero-order chi connectivity index (χ0) is 11.5. The first-order valence-corrected chi connectivity index (χ1v) is 5.43. The zero-order valence-electron chi connectivity index (χ0n) is 8.22. The minimum Gasteiger partial charge on any atom is -0.261 e. The van der Waals surface area contributed by atoms with Crippen LogP contribution in [0.25, 0.3) is 0 Å². The number of halogens is 2. The second-order valence-electron chi connectivity index (χ2n) is 2.81. The lowest BCUT2D eigenvalue weighted by atomic mass is 10.3. The Morgan fingerprint density at radius 3 is 1.67 bits per heavy atom. The van der Waals surface area contributed by atoms with Crippen LogP contribution in [-0.2, 0) is 9.59 Å². The molecule has 0 heterocycles. The van der Waals surface area contributed by atoms with Crippen LogP contribution in [0.5, 0.6) is 0 Å². The quantitative estimate of drug-likeness (QED) is 0.342. The molecule has 0 rings (SSSR count). The molecule has 0 unspecified atom stereocenters. The Morgan fingerprint density at radius 1 is 0.933 bits per heavy atom. The molecule has 0 radical (unpaired) electrons. The van der Waals surface area contributed by atoms with E-state index < -0.39 is 12.1 Å². The van der Waals surface area contributed by atoms with Crippen LogP contribution in [0.3, 0.4) is 0 Å². The molecule has 0 bridgehead atoms. The minimum absolute atomic E-state index is 0.0795. The number of hydrogen-bond donors (Lipinski definition) is 2. The van der Waals surface area contributed by atoms with Crippen molar-refractivity contribution < 1.29 is 18.4 Å². The first kappa shape index (κ1) is 14.5. The molecule has 88 valence electrons. The van der Waals surface area contributed by atoms with Crippen LogP contribution >= 0.6 is 12.1 Å². The van der Waals surface area contributed by atoms with Gasteiger partial charge in [-0.05, 0) is 12.8 Å². The Hall–Kier alpha value is -0.530. The molecule has 0 spiro atoms. The molecule has 0 aromatic carbocycles. The maximum Gasteiger partial charge on any atom is 0.301 e. The van der Waals surface area contributed by atoms with Crippen LogP contribution < -0.4 is 9.44 Å². The molecule has 0 aromatic heterocycles. The third-order valence-corrected chi connectivity index (χ3v) is 2.15. The first-order valence-electron chi connectivity index (χ1n) is 4.61. The Balaban J connectivity index is 2.99. The van der Waals surface area contributed by atoms with Crippen molar-refractivity contribution in [2.45, 2.75) is 25.7 Å². The summed E-state index contributed by atoms with van der Waals surface area (Å²) in [5, 5.41) is 0. The van der Waals surface area contributed by atoms with Crippen molar-refractivity contribution >= 4 is 24.2 Å². The number of rotatable bonds is 10. The van der Waals surface area contributed by atoms with Gasteiger partial charge < -0.3 is 0 Å². The third kappa shape index (κ3) is 13.5. The molecule has 0 amide bonds. The number of carbonyl (C=O) groups is 2. The number of hydrogen-bond acceptors (Lipinski definition) is 5. The van der Waals surface area contributed by atoms with E-state index in [1.165, 1.54) is 12.1 Å². The summed E-state index contributed by atoms with van der Waals surface area (Å²) in [5.74, 6) is 0. The van der Waals surface area contributed by atoms with Gasteiger partial charge in [0.05, 0.1) is 0 Å². The summed E-state index contributed by atoms with van der Waals surface area (Å²) in [6, 6.07) is -2.62. The summed E-state index contributed by atoms with van der Waals surface area (Å²) in [5.41, 5.74) is 0. The topological polar surface area (TPSA) is 58.2 Å². The first-order chi connectivity index (χ1) is 7.13. The van der Waals surface area contributed by atoms with Gasteiger partial charge in [0.2, 0.25) is 0 Å². The van der Waals surface area contributed by atoms with E-state index in [2.05, 4.69) is 9.44 Å². The highest BCUT2D eigenvalue weighted by atomic mass is 32.2. The van der Waals surface area contributed by atoms with Crippen LogP contribution in [0.2, 0.25) is 0 Å². The Kier molecular flexibility index (Phi) is 9.65. The van der Waals surface area contributed by atoms with E-state index in [-0.39, 0.29) is 12.8 Å². The Bertz CT molecular complexity index is 185. The van der Waals surface area contributed by atoms with E-state index in [1.54, 1.807) is 0 Å². The highest BCUT2D eigenvalue weighted by Crippen LogP contribution is 1.95. The average molecular weight is 240 g/mol. The van der Waals surface area contributed by atoms with Crippen molar-refractivity contribution in [3.63, 3.8) is 0 Å². The van der Waals surface area contributed by atoms with Gasteiger partial charge in [-0.15, -0.1) is 0 Å². The SMILES string of the molecule is O=C(F)CCCNSNCCCC(=O)F. The molecular formula is C8H14F2N2O2S. The third-order valence-electron chi connectivity index (χ3n) is 1.45. The molecule has 15 heavy (non-hydrogen) atoms. The van der Waals surface area contributed by atoms with E-state index in [1.807, 2.05) is 0 Å². The predicted octanol–water partition coefficient (Wildman–Crippen LogP) is 1.28. The van der Waals surface area contributed by atoms with Gasteiger partial charge in [0.25, 0.3) is 0 Å². The van der Waals surface area contributed by atoms with Crippen molar-refractivity contribution in [2.24, 2.45) is 0 Å². The second-order valence-corrected chi connectivity index (χ2v) is 3.59. The highest BCUT2D eigenvalue weighted by Gasteiger charge is 1.98. The van der Waals surface area contributed by atoms with Crippen LogP contribution in [-0.4, -0.2) is 25.2 Å². The van der Waals surface area contributed by atoms with Crippen LogP contribution in [0.4, 0.5) is 8.78 Å². The summed E-state index contributed by atoms with van der Waals surface area (Å²) in [4.78, 5) is 19.8. The summed E-state index contributed by atoms with van der Waals surface area (Å²) < 4.78 is 29.1. The number of nitrogens with one attached hydrogen (secondary N) is 2. The smallest absolute Gasteiger partial charge is 0.261 e. The molecule has 0 aliphatic rings. The van der Waals surface area contributed by atoms with Crippen molar-refractivity contribution in [3.05, 3.63) is 0 Å². The van der Waals surface area contributed by atoms with Gasteiger partial charge >= 0.3 is 12.1 Å². The summed E-state index contributed by atoms with van der Waals surface area (Å²) in [6.07, 6.45) is 0.716. The molecule has 0 aliphatic carbocycles. The molecule has 0 aromatic rings. The Morgan fingerprint density at radius 2 is 1.33 bits per heavy atom. The van der Waals surface area contributed by atoms with E-state index in [9.17, 15) is 18.4 Å². The predicted molar refractivity (Wildman–Crippen MR) is 54.3 cm³/mol. The fourth-order valence-electron chi connectivity index (χ4n) is 0.752. The molecule has 0 fully saturated rings. The van der Waals surface area contributed by atoms with Gasteiger partial charge in [-0.1, -0.05) is 0 Å². The Labute approximate surface area is 91.4 Å². The van der Waals surface area contributed by atoms with Gasteiger partial charge in [0.15, 0.2) is 0 Å². The lowest BCUT2D eigenvalue weighted by Crippen LogP contribution is -2.16. The minimum atomic E-state index is -1.31. The molecule has 0 aliphatic heterocycles. The van der Waals surface area contributed by atoms with Crippen LogP contribution in [0.1, 0.15) is 25.7 Å². The summed E-state index contributed by atoms with van der Waals surface area (Å²) in [6.45, 7) is 1.02. The molecule has 0 saturated carbocycles. The summed E-state index contributed by atoms with van der Waals surface area (Å²) >= 11 is 1.19. The van der Waals surface area contributed by atoms with Crippen molar-refractivity contribution in [3.8, 4) is 0 Å². The summed E-state index contributed by atoms with van der Waals surface area (Å²) in [7, 11) is 0. The van der Waals surface area contributed by atoms with Crippen LogP contribution in [0.15, 0.2) is 0 Å². The van der Waals surface area contributed by atoms with E-state index in [4.69, 9.17) is 0 Å². The van der Waals surface area contributed by atoms with Crippen molar-refractivity contribution in [2.75, 3.05) is 13.1 Å². The highest BCUT2D eigenvalue weighted by molar-refractivity contribution is 7.95. The van der Waals surface area contributed by atoms with Gasteiger partial charge in [-0.2, -0.15) is 8.78 Å². The second kappa shape index (κ2) is 10.0. The molecule has 0 atom stereocenters. The maximum absolute atomic E-state index is 11.7. The van der Waals surface area contributed by atoms with E-state index >= 15 is 0 Å². The van der Waals surface area contributed by atoms with Crippen molar-refractivity contribution in [1.29, 1.82) is 0 Å². The largest absolute Gasteiger partial charge is 0.301 e. The standard InChI is InChI=1S/C8H14F2N2O2S/c9-7(13)3-1-5-11-15-12-6-2-4-8(10)14/h11-12H,1-6H2. The maximum atomic E-state index is 11.7. The van der Waals surface area contributed by atoms with Gasteiger partial charge in [0, 0.05) is 38.1 Å².